The second-order valence-corrected chi connectivity index (χ2v) is 6.37. The largest absolute Gasteiger partial charge is 0.326 e. The van der Waals surface area contributed by atoms with E-state index in [1.54, 1.807) is 17.4 Å². The molecule has 1 heterocycles. The summed E-state index contributed by atoms with van der Waals surface area (Å²) in [6, 6.07) is 6.60. The lowest BCUT2D eigenvalue weighted by Crippen LogP contribution is -2.39. The van der Waals surface area contributed by atoms with Gasteiger partial charge in [0.1, 0.15) is 5.82 Å². The third kappa shape index (κ3) is 3.87. The summed E-state index contributed by atoms with van der Waals surface area (Å²) in [6.07, 6.45) is 0.791. The van der Waals surface area contributed by atoms with Crippen LogP contribution in [-0.4, -0.2) is 23.0 Å². The van der Waals surface area contributed by atoms with Gasteiger partial charge in [-0.2, -0.15) is 0 Å². The number of hydrogen-bond donors (Lipinski definition) is 1. The normalized spacial score (nSPS) is 14.4. The Labute approximate surface area is 129 Å². The molecule has 0 saturated carbocycles. The highest BCUT2D eigenvalue weighted by molar-refractivity contribution is 7.09. The minimum Gasteiger partial charge on any atom is -0.326 e. The molecule has 2 N–H and O–H groups in total. The van der Waals surface area contributed by atoms with Crippen LogP contribution in [0.3, 0.4) is 0 Å². The van der Waals surface area contributed by atoms with Crippen molar-refractivity contribution in [3.63, 3.8) is 0 Å². The maximum absolute atomic E-state index is 14.1. The van der Waals surface area contributed by atoms with E-state index in [0.717, 1.165) is 17.1 Å². The number of nitrogens with zero attached hydrogens (tertiary/aromatic N) is 2. The van der Waals surface area contributed by atoms with Gasteiger partial charge in [0.05, 0.1) is 16.7 Å². The van der Waals surface area contributed by atoms with Crippen LogP contribution in [0.1, 0.15) is 35.7 Å². The highest BCUT2D eigenvalue weighted by atomic mass is 32.1. The Morgan fingerprint density at radius 2 is 2.10 bits per heavy atom. The molecule has 114 valence electrons. The minimum atomic E-state index is -0.201. The van der Waals surface area contributed by atoms with Gasteiger partial charge in [-0.05, 0) is 26.5 Å². The van der Waals surface area contributed by atoms with Crippen LogP contribution in [-0.2, 0) is 6.54 Å². The number of aryl methyl sites for hydroxylation is 1. The van der Waals surface area contributed by atoms with Crippen molar-refractivity contribution < 1.29 is 4.39 Å². The van der Waals surface area contributed by atoms with E-state index in [0.29, 0.717) is 12.1 Å². The highest BCUT2D eigenvalue weighted by Crippen LogP contribution is 2.27. The van der Waals surface area contributed by atoms with Crippen LogP contribution in [0.15, 0.2) is 29.6 Å². The molecule has 0 amide bonds. The molecule has 2 rings (SSSR count). The number of benzene rings is 1. The van der Waals surface area contributed by atoms with Gasteiger partial charge in [-0.15, -0.1) is 11.3 Å². The summed E-state index contributed by atoms with van der Waals surface area (Å²) in [5.41, 5.74) is 7.91. The van der Waals surface area contributed by atoms with Crippen LogP contribution in [0.5, 0.6) is 0 Å². The zero-order valence-electron chi connectivity index (χ0n) is 12.7. The molecule has 0 radical (unpaired) electrons. The van der Waals surface area contributed by atoms with E-state index in [2.05, 4.69) is 9.88 Å². The first kappa shape index (κ1) is 16.1. The summed E-state index contributed by atoms with van der Waals surface area (Å²) in [7, 11) is 1.97. The number of rotatable bonds is 6. The van der Waals surface area contributed by atoms with Gasteiger partial charge in [0, 0.05) is 23.5 Å². The van der Waals surface area contributed by atoms with Crippen molar-refractivity contribution in [2.24, 2.45) is 5.73 Å². The highest BCUT2D eigenvalue weighted by Gasteiger charge is 2.26. The smallest absolute Gasteiger partial charge is 0.128 e. The van der Waals surface area contributed by atoms with Crippen LogP contribution in [0.2, 0.25) is 0 Å². The van der Waals surface area contributed by atoms with Crippen molar-refractivity contribution in [3.8, 4) is 0 Å². The van der Waals surface area contributed by atoms with E-state index in [-0.39, 0.29) is 17.9 Å². The average Bonchev–Trinajstić information content (AvgIpc) is 2.86. The lowest BCUT2D eigenvalue weighted by molar-refractivity contribution is 0.195. The molecule has 0 aliphatic heterocycles. The molecule has 1 aromatic carbocycles. The van der Waals surface area contributed by atoms with Crippen LogP contribution in [0.25, 0.3) is 0 Å². The molecular weight excluding hydrogens is 285 g/mol. The Bertz CT molecular complexity index is 584. The minimum absolute atomic E-state index is 0.119. The Balaban J connectivity index is 2.25. The van der Waals surface area contributed by atoms with Crippen LogP contribution >= 0.6 is 11.3 Å². The van der Waals surface area contributed by atoms with E-state index in [1.807, 2.05) is 38.4 Å². The monoisotopic (exact) mass is 307 g/mol. The number of thiazole rings is 1. The number of likely N-dealkylation sites (N-methyl/N-ethyl adjacent to an activating group) is 1. The average molecular weight is 307 g/mol. The maximum Gasteiger partial charge on any atom is 0.128 e. The second kappa shape index (κ2) is 7.11. The molecule has 0 fully saturated rings. The molecule has 0 aliphatic rings. The number of hydrogen-bond acceptors (Lipinski definition) is 4. The fraction of sp³-hybridized carbons (Fsp3) is 0.438. The molecular formula is C16H22FN3S. The predicted octanol–water partition coefficient (Wildman–Crippen LogP) is 3.50. The van der Waals surface area contributed by atoms with Crippen molar-refractivity contribution in [3.05, 3.63) is 51.7 Å². The van der Waals surface area contributed by atoms with Crippen molar-refractivity contribution >= 4 is 11.3 Å². The molecule has 2 unspecified atom stereocenters. The van der Waals surface area contributed by atoms with E-state index in [1.165, 1.54) is 6.07 Å². The van der Waals surface area contributed by atoms with Crippen LogP contribution in [0.4, 0.5) is 4.39 Å². The Kier molecular flexibility index (Phi) is 5.45. The molecule has 2 aromatic rings. The van der Waals surface area contributed by atoms with Gasteiger partial charge in [-0.25, -0.2) is 9.37 Å². The van der Waals surface area contributed by atoms with Crippen molar-refractivity contribution in [2.45, 2.75) is 38.9 Å². The molecule has 0 aliphatic carbocycles. The summed E-state index contributed by atoms with van der Waals surface area (Å²) >= 11 is 1.63. The standard InChI is InChI=1S/C16H22FN3S/c1-4-15(18)16(13-7-5-6-8-14(13)17)20(3)9-12-10-21-11(2)19-12/h5-8,10,15-16H,4,9,18H2,1-3H3. The molecule has 1 aromatic heterocycles. The van der Waals surface area contributed by atoms with Gasteiger partial charge in [-0.3, -0.25) is 4.90 Å². The molecule has 0 bridgehead atoms. The lowest BCUT2D eigenvalue weighted by atomic mass is 9.96. The van der Waals surface area contributed by atoms with E-state index >= 15 is 0 Å². The fourth-order valence-corrected chi connectivity index (χ4v) is 3.17. The van der Waals surface area contributed by atoms with Gasteiger partial charge >= 0.3 is 0 Å². The quantitative estimate of drug-likeness (QED) is 0.888. The van der Waals surface area contributed by atoms with Crippen LogP contribution in [0, 0.1) is 12.7 Å². The fourth-order valence-electron chi connectivity index (χ4n) is 2.57. The van der Waals surface area contributed by atoms with Gasteiger partial charge in [0.15, 0.2) is 0 Å². The van der Waals surface area contributed by atoms with Crippen molar-refractivity contribution in [2.75, 3.05) is 7.05 Å². The Hall–Kier alpha value is -1.30. The zero-order chi connectivity index (χ0) is 15.4. The topological polar surface area (TPSA) is 42.1 Å². The maximum atomic E-state index is 14.1. The van der Waals surface area contributed by atoms with Crippen molar-refractivity contribution in [1.82, 2.24) is 9.88 Å². The second-order valence-electron chi connectivity index (χ2n) is 5.31. The lowest BCUT2D eigenvalue weighted by Gasteiger charge is -2.32. The van der Waals surface area contributed by atoms with Crippen LogP contribution < -0.4 is 5.73 Å². The number of aromatic nitrogens is 1. The summed E-state index contributed by atoms with van der Waals surface area (Å²) in [4.78, 5) is 6.56. The van der Waals surface area contributed by atoms with Gasteiger partial charge in [0.2, 0.25) is 0 Å². The molecule has 3 nitrogen and oxygen atoms in total. The third-order valence-electron chi connectivity index (χ3n) is 3.65. The van der Waals surface area contributed by atoms with E-state index in [4.69, 9.17) is 5.73 Å². The Morgan fingerprint density at radius 3 is 2.67 bits per heavy atom. The van der Waals surface area contributed by atoms with Crippen molar-refractivity contribution in [1.29, 1.82) is 0 Å². The summed E-state index contributed by atoms with van der Waals surface area (Å²) in [6.45, 7) is 4.68. The summed E-state index contributed by atoms with van der Waals surface area (Å²) in [5.74, 6) is -0.201. The van der Waals surface area contributed by atoms with E-state index in [9.17, 15) is 4.39 Å². The zero-order valence-corrected chi connectivity index (χ0v) is 13.5. The molecule has 2 atom stereocenters. The number of halogens is 1. The first-order valence-electron chi connectivity index (χ1n) is 7.14. The first-order chi connectivity index (χ1) is 10.0. The summed E-state index contributed by atoms with van der Waals surface area (Å²) in [5, 5.41) is 3.09. The van der Waals surface area contributed by atoms with Gasteiger partial charge in [-0.1, -0.05) is 25.1 Å². The van der Waals surface area contributed by atoms with E-state index < -0.39 is 0 Å². The molecule has 5 heteroatoms. The molecule has 0 spiro atoms. The third-order valence-corrected chi connectivity index (χ3v) is 4.48. The summed E-state index contributed by atoms with van der Waals surface area (Å²) < 4.78 is 14.1. The van der Waals surface area contributed by atoms with Gasteiger partial charge in [0.25, 0.3) is 0 Å². The molecule has 0 saturated heterocycles. The Morgan fingerprint density at radius 1 is 1.38 bits per heavy atom. The number of nitrogens with two attached hydrogens (primary N) is 1. The SMILES string of the molecule is CCC(N)C(c1ccccc1F)N(C)Cc1csc(C)n1. The first-order valence-corrected chi connectivity index (χ1v) is 8.02. The molecule has 21 heavy (non-hydrogen) atoms. The predicted molar refractivity (Wildman–Crippen MR) is 85.7 cm³/mol. The van der Waals surface area contributed by atoms with Gasteiger partial charge < -0.3 is 5.73 Å².